The summed E-state index contributed by atoms with van der Waals surface area (Å²) in [6.07, 6.45) is 5.53. The molecule has 2 aliphatic rings. The van der Waals surface area contributed by atoms with Crippen LogP contribution in [0.2, 0.25) is 0 Å². The summed E-state index contributed by atoms with van der Waals surface area (Å²) in [7, 11) is 0. The second-order valence-electron chi connectivity index (χ2n) is 5.41. The Morgan fingerprint density at radius 1 is 1.42 bits per heavy atom. The Labute approximate surface area is 122 Å². The number of thiophene rings is 1. The van der Waals surface area contributed by atoms with E-state index in [1.165, 1.54) is 16.9 Å². The van der Waals surface area contributed by atoms with E-state index >= 15 is 0 Å². The van der Waals surface area contributed by atoms with E-state index < -0.39 is 0 Å². The van der Waals surface area contributed by atoms with E-state index in [1.807, 2.05) is 4.90 Å². The lowest BCUT2D eigenvalue weighted by atomic mass is 9.98. The quantitative estimate of drug-likeness (QED) is 0.852. The fourth-order valence-electron chi connectivity index (χ4n) is 2.98. The summed E-state index contributed by atoms with van der Waals surface area (Å²) < 4.78 is 0. The molecule has 1 aliphatic carbocycles. The van der Waals surface area contributed by atoms with Gasteiger partial charge in [-0.25, -0.2) is 0 Å². The molecule has 1 amide bonds. The first-order chi connectivity index (χ1) is 9.15. The highest BCUT2D eigenvalue weighted by atomic mass is 32.1. The minimum Gasteiger partial charge on any atom is -0.393 e. The number of fused-ring (bicyclic) bond motifs is 1. The highest BCUT2D eigenvalue weighted by Crippen LogP contribution is 2.32. The molecule has 0 radical (unpaired) electrons. The standard InChI is InChI=1S/C14H18N2OS2/c15-13(18)10-4-2-6-16(8-10)14(17)12-7-9-3-1-5-11(9)19-12/h7,10H,1-6,8H2,(H2,15,18). The van der Waals surface area contributed by atoms with E-state index in [-0.39, 0.29) is 11.8 Å². The maximum absolute atomic E-state index is 12.5. The average Bonchev–Trinajstić information content (AvgIpc) is 2.98. The lowest BCUT2D eigenvalue weighted by molar-refractivity contribution is 0.0708. The van der Waals surface area contributed by atoms with Crippen molar-refractivity contribution in [3.63, 3.8) is 0 Å². The lowest BCUT2D eigenvalue weighted by Gasteiger charge is -2.31. The number of hydrogen-bond donors (Lipinski definition) is 1. The Morgan fingerprint density at radius 2 is 2.26 bits per heavy atom. The molecule has 3 rings (SSSR count). The first-order valence-electron chi connectivity index (χ1n) is 6.85. The van der Waals surface area contributed by atoms with E-state index in [9.17, 15) is 4.79 Å². The second kappa shape index (κ2) is 5.21. The van der Waals surface area contributed by atoms with Crippen LogP contribution in [0.4, 0.5) is 0 Å². The van der Waals surface area contributed by atoms with Crippen LogP contribution < -0.4 is 5.73 Å². The molecule has 1 atom stereocenters. The van der Waals surface area contributed by atoms with Crippen molar-refractivity contribution in [1.29, 1.82) is 0 Å². The zero-order valence-corrected chi connectivity index (χ0v) is 12.5. The van der Waals surface area contributed by atoms with Gasteiger partial charge < -0.3 is 10.6 Å². The van der Waals surface area contributed by atoms with Gasteiger partial charge in [0.1, 0.15) is 0 Å². The van der Waals surface area contributed by atoms with Gasteiger partial charge in [-0.1, -0.05) is 12.2 Å². The third kappa shape index (κ3) is 2.54. The Bertz CT molecular complexity index is 502. The van der Waals surface area contributed by atoms with Crippen molar-refractivity contribution in [2.45, 2.75) is 32.1 Å². The van der Waals surface area contributed by atoms with Crippen molar-refractivity contribution < 1.29 is 4.79 Å². The first-order valence-corrected chi connectivity index (χ1v) is 8.08. The van der Waals surface area contributed by atoms with Crippen LogP contribution in [0.15, 0.2) is 6.07 Å². The fraction of sp³-hybridized carbons (Fsp3) is 0.571. The van der Waals surface area contributed by atoms with Crippen molar-refractivity contribution in [2.75, 3.05) is 13.1 Å². The summed E-state index contributed by atoms with van der Waals surface area (Å²) in [6.45, 7) is 1.53. The molecule has 1 saturated heterocycles. The minimum atomic E-state index is 0.167. The number of likely N-dealkylation sites (tertiary alicyclic amines) is 1. The number of nitrogens with two attached hydrogens (primary N) is 1. The minimum absolute atomic E-state index is 0.167. The summed E-state index contributed by atoms with van der Waals surface area (Å²) in [5, 5.41) is 0. The van der Waals surface area contributed by atoms with E-state index in [0.29, 0.717) is 11.5 Å². The molecule has 0 bridgehead atoms. The normalized spacial score (nSPS) is 22.3. The third-order valence-corrected chi connectivity index (χ3v) is 5.63. The molecule has 1 aromatic rings. The van der Waals surface area contributed by atoms with Crippen LogP contribution in [-0.2, 0) is 12.8 Å². The molecule has 2 heterocycles. The van der Waals surface area contributed by atoms with E-state index in [1.54, 1.807) is 11.3 Å². The monoisotopic (exact) mass is 294 g/mol. The summed E-state index contributed by atoms with van der Waals surface area (Å²) in [5.41, 5.74) is 7.11. The molecule has 0 aromatic carbocycles. The van der Waals surface area contributed by atoms with Gasteiger partial charge in [0.25, 0.3) is 5.91 Å². The van der Waals surface area contributed by atoms with Gasteiger partial charge in [-0.15, -0.1) is 11.3 Å². The van der Waals surface area contributed by atoms with Crippen molar-refractivity contribution in [1.82, 2.24) is 4.90 Å². The van der Waals surface area contributed by atoms with Crippen molar-refractivity contribution in [3.05, 3.63) is 21.4 Å². The molecule has 1 fully saturated rings. The zero-order valence-electron chi connectivity index (χ0n) is 10.9. The number of carbonyl (C=O) groups excluding carboxylic acids is 1. The number of aryl methyl sites for hydroxylation is 2. The lowest BCUT2D eigenvalue weighted by Crippen LogP contribution is -2.43. The molecule has 0 spiro atoms. The summed E-state index contributed by atoms with van der Waals surface area (Å²) >= 11 is 6.74. The van der Waals surface area contributed by atoms with Gasteiger partial charge in [-0.2, -0.15) is 0 Å². The van der Waals surface area contributed by atoms with Gasteiger partial charge in [0.05, 0.1) is 9.87 Å². The van der Waals surface area contributed by atoms with Gasteiger partial charge in [-0.3, -0.25) is 4.79 Å². The largest absolute Gasteiger partial charge is 0.393 e. The fourth-order valence-corrected chi connectivity index (χ4v) is 4.40. The van der Waals surface area contributed by atoms with Crippen molar-refractivity contribution in [2.24, 2.45) is 11.7 Å². The van der Waals surface area contributed by atoms with Crippen molar-refractivity contribution in [3.8, 4) is 0 Å². The highest BCUT2D eigenvalue weighted by Gasteiger charge is 2.28. The average molecular weight is 294 g/mol. The molecule has 19 heavy (non-hydrogen) atoms. The van der Waals surface area contributed by atoms with Crippen LogP contribution in [0, 0.1) is 5.92 Å². The molecular formula is C14H18N2OS2. The summed E-state index contributed by atoms with van der Waals surface area (Å²) in [5.74, 6) is 0.361. The second-order valence-corrected chi connectivity index (χ2v) is 7.01. The van der Waals surface area contributed by atoms with Crippen LogP contribution in [0.5, 0.6) is 0 Å². The van der Waals surface area contributed by atoms with Crippen LogP contribution in [0.1, 0.15) is 39.4 Å². The molecule has 5 heteroatoms. The van der Waals surface area contributed by atoms with Gasteiger partial charge in [0.2, 0.25) is 0 Å². The third-order valence-electron chi connectivity index (χ3n) is 4.07. The zero-order chi connectivity index (χ0) is 13.4. The Morgan fingerprint density at radius 3 is 3.00 bits per heavy atom. The molecule has 102 valence electrons. The van der Waals surface area contributed by atoms with E-state index in [2.05, 4.69) is 6.07 Å². The Balaban J connectivity index is 1.74. The number of thiocarbonyl (C=S) groups is 1. The number of nitrogens with zero attached hydrogens (tertiary/aromatic N) is 1. The highest BCUT2D eigenvalue weighted by molar-refractivity contribution is 7.80. The van der Waals surface area contributed by atoms with Gasteiger partial charge >= 0.3 is 0 Å². The van der Waals surface area contributed by atoms with Crippen LogP contribution in [-0.4, -0.2) is 28.9 Å². The van der Waals surface area contributed by atoms with Crippen molar-refractivity contribution >= 4 is 34.5 Å². The van der Waals surface area contributed by atoms with Gasteiger partial charge in [-0.05, 0) is 43.7 Å². The molecule has 1 unspecified atom stereocenters. The molecule has 0 saturated carbocycles. The molecule has 1 aliphatic heterocycles. The number of amides is 1. The number of hydrogen-bond acceptors (Lipinski definition) is 3. The number of rotatable bonds is 2. The van der Waals surface area contributed by atoms with Crippen LogP contribution in [0.3, 0.4) is 0 Å². The molecule has 2 N–H and O–H groups in total. The van der Waals surface area contributed by atoms with Crippen LogP contribution in [0.25, 0.3) is 0 Å². The first kappa shape index (κ1) is 13.1. The number of carbonyl (C=O) groups is 1. The smallest absolute Gasteiger partial charge is 0.263 e. The molecule has 3 nitrogen and oxygen atoms in total. The van der Waals surface area contributed by atoms with Gasteiger partial charge in [0, 0.05) is 23.9 Å². The van der Waals surface area contributed by atoms with Gasteiger partial charge in [0.15, 0.2) is 0 Å². The topological polar surface area (TPSA) is 46.3 Å². The maximum Gasteiger partial charge on any atom is 0.263 e. The summed E-state index contributed by atoms with van der Waals surface area (Å²) in [6, 6.07) is 2.10. The molecule has 1 aromatic heterocycles. The maximum atomic E-state index is 12.5. The Hall–Kier alpha value is -0.940. The predicted octanol–water partition coefficient (Wildman–Crippen LogP) is 2.38. The van der Waals surface area contributed by atoms with E-state index in [0.717, 1.165) is 37.1 Å². The molecular weight excluding hydrogens is 276 g/mol. The SMILES string of the molecule is NC(=S)C1CCCN(C(=O)c2cc3c(s2)CCC3)C1. The number of piperidine rings is 1. The Kier molecular flexibility index (Phi) is 3.58. The van der Waals surface area contributed by atoms with E-state index in [4.69, 9.17) is 18.0 Å². The predicted molar refractivity (Wildman–Crippen MR) is 81.8 cm³/mol. The van der Waals surface area contributed by atoms with Crippen LogP contribution >= 0.6 is 23.6 Å². The summed E-state index contributed by atoms with van der Waals surface area (Å²) in [4.78, 5) is 17.3.